The Morgan fingerprint density at radius 3 is 2.59 bits per heavy atom. The Morgan fingerprint density at radius 2 is 2.00 bits per heavy atom. The summed E-state index contributed by atoms with van der Waals surface area (Å²) in [6, 6.07) is 3.42. The lowest BCUT2D eigenvalue weighted by Crippen LogP contribution is -2.47. The van der Waals surface area contributed by atoms with Crippen molar-refractivity contribution in [1.29, 1.82) is 0 Å². The minimum atomic E-state index is -3.51. The van der Waals surface area contributed by atoms with Gasteiger partial charge in [-0.15, -0.1) is 0 Å². The van der Waals surface area contributed by atoms with Gasteiger partial charge in [0.1, 0.15) is 4.90 Å². The Morgan fingerprint density at radius 1 is 1.22 bits per heavy atom. The first-order chi connectivity index (χ1) is 12.9. The van der Waals surface area contributed by atoms with Gasteiger partial charge in [-0.05, 0) is 68.9 Å². The molecule has 4 atom stereocenters. The molecule has 0 unspecified atom stereocenters. The smallest absolute Gasteiger partial charge is 0.244 e. The number of carbonyl (C=O) groups excluding carboxylic acids is 1. The highest BCUT2D eigenvalue weighted by Gasteiger charge is 2.42. The first kappa shape index (κ1) is 18.9. The topological polar surface area (TPSA) is 79.4 Å². The highest BCUT2D eigenvalue weighted by molar-refractivity contribution is 7.89. The predicted molar refractivity (Wildman–Crippen MR) is 102 cm³/mol. The van der Waals surface area contributed by atoms with Crippen molar-refractivity contribution >= 4 is 15.9 Å². The molecule has 6 nitrogen and oxygen atoms in total. The molecule has 0 spiro atoms. The molecule has 3 aliphatic rings. The summed E-state index contributed by atoms with van der Waals surface area (Å²) < 4.78 is 26.8. The van der Waals surface area contributed by atoms with E-state index in [2.05, 4.69) is 17.2 Å². The fourth-order valence-electron chi connectivity index (χ4n) is 5.36. The molecule has 2 aliphatic carbocycles. The van der Waals surface area contributed by atoms with Crippen molar-refractivity contribution in [3.8, 4) is 0 Å². The van der Waals surface area contributed by atoms with E-state index in [9.17, 15) is 13.2 Å². The van der Waals surface area contributed by atoms with E-state index in [0.29, 0.717) is 31.8 Å². The molecule has 4 rings (SSSR count). The quantitative estimate of drug-likeness (QED) is 0.836. The number of hydrogen-bond acceptors (Lipinski definition) is 4. The Balaban J connectivity index is 1.30. The van der Waals surface area contributed by atoms with Crippen molar-refractivity contribution in [2.24, 2.45) is 23.7 Å². The van der Waals surface area contributed by atoms with Crippen molar-refractivity contribution < 1.29 is 13.2 Å². The minimum Gasteiger partial charge on any atom is -0.353 e. The summed E-state index contributed by atoms with van der Waals surface area (Å²) in [6.07, 6.45) is 9.39. The number of hydrogen-bond donors (Lipinski definition) is 1. The monoisotopic (exact) mass is 391 g/mol. The molecule has 0 aromatic carbocycles. The Bertz CT molecular complexity index is 775. The van der Waals surface area contributed by atoms with Gasteiger partial charge in [0.15, 0.2) is 0 Å². The standard InChI is InChI=1S/C20H29N3O3S/c1-14(19-12-15-4-5-17(19)11-15)22-20(24)16-6-9-23(10-7-16)27(25,26)18-3-2-8-21-13-18/h2-3,8,13-17,19H,4-7,9-12H2,1H3,(H,22,24)/t14-,15+,17+,19+/m0/s1. The zero-order valence-corrected chi connectivity index (χ0v) is 16.7. The maximum atomic E-state index is 12.7. The van der Waals surface area contributed by atoms with Gasteiger partial charge in [0.2, 0.25) is 15.9 Å². The van der Waals surface area contributed by atoms with Gasteiger partial charge in [-0.3, -0.25) is 9.78 Å². The van der Waals surface area contributed by atoms with Gasteiger partial charge in [-0.25, -0.2) is 8.42 Å². The molecule has 3 fully saturated rings. The van der Waals surface area contributed by atoms with Crippen molar-refractivity contribution in [3.05, 3.63) is 24.5 Å². The van der Waals surface area contributed by atoms with Crippen LogP contribution in [0.15, 0.2) is 29.4 Å². The van der Waals surface area contributed by atoms with E-state index in [4.69, 9.17) is 0 Å². The molecule has 1 aliphatic heterocycles. The normalized spacial score (nSPS) is 30.3. The fourth-order valence-corrected chi connectivity index (χ4v) is 6.80. The Kier molecular flexibility index (Phi) is 5.25. The number of pyridine rings is 1. The largest absolute Gasteiger partial charge is 0.353 e. The first-order valence-corrected chi connectivity index (χ1v) is 11.6. The van der Waals surface area contributed by atoms with Gasteiger partial charge in [0.05, 0.1) is 0 Å². The fraction of sp³-hybridized carbons (Fsp3) is 0.700. The van der Waals surface area contributed by atoms with E-state index in [1.165, 1.54) is 36.2 Å². The number of rotatable bonds is 5. The zero-order valence-electron chi connectivity index (χ0n) is 15.9. The second-order valence-electron chi connectivity index (χ2n) is 8.50. The molecule has 1 N–H and O–H groups in total. The molecule has 7 heteroatoms. The van der Waals surface area contributed by atoms with Gasteiger partial charge in [-0.2, -0.15) is 4.31 Å². The predicted octanol–water partition coefficient (Wildman–Crippen LogP) is 2.42. The van der Waals surface area contributed by atoms with Crippen LogP contribution >= 0.6 is 0 Å². The molecule has 2 heterocycles. The molecular formula is C20H29N3O3S. The van der Waals surface area contributed by atoms with Gasteiger partial charge >= 0.3 is 0 Å². The summed E-state index contributed by atoms with van der Waals surface area (Å²) in [6.45, 7) is 2.92. The number of sulfonamides is 1. The molecule has 2 bridgehead atoms. The highest BCUT2D eigenvalue weighted by atomic mass is 32.2. The number of carbonyl (C=O) groups is 1. The Labute approximate surface area is 161 Å². The van der Waals surface area contributed by atoms with Crippen LogP contribution in [0.5, 0.6) is 0 Å². The lowest BCUT2D eigenvalue weighted by Gasteiger charge is -2.33. The summed E-state index contributed by atoms with van der Waals surface area (Å²) in [5, 5.41) is 3.24. The van der Waals surface area contributed by atoms with Crippen molar-refractivity contribution in [2.45, 2.75) is 56.4 Å². The Hall–Kier alpha value is -1.47. The van der Waals surface area contributed by atoms with Crippen molar-refractivity contribution in [1.82, 2.24) is 14.6 Å². The lowest BCUT2D eigenvalue weighted by molar-refractivity contribution is -0.127. The van der Waals surface area contributed by atoms with Crippen LogP contribution in [-0.2, 0) is 14.8 Å². The summed E-state index contributed by atoms with van der Waals surface area (Å²) in [4.78, 5) is 16.8. The number of amides is 1. The van der Waals surface area contributed by atoms with Crippen LogP contribution in [0, 0.1) is 23.7 Å². The second-order valence-corrected chi connectivity index (χ2v) is 10.4. The molecule has 148 valence electrons. The first-order valence-electron chi connectivity index (χ1n) is 10.2. The van der Waals surface area contributed by atoms with E-state index in [0.717, 1.165) is 11.8 Å². The second kappa shape index (κ2) is 7.51. The minimum absolute atomic E-state index is 0.0913. The highest BCUT2D eigenvalue weighted by Crippen LogP contribution is 2.49. The van der Waals surface area contributed by atoms with Crippen LogP contribution in [0.3, 0.4) is 0 Å². The lowest BCUT2D eigenvalue weighted by atomic mass is 9.83. The third kappa shape index (κ3) is 3.76. The van der Waals surface area contributed by atoms with E-state index in [-0.39, 0.29) is 22.8 Å². The number of fused-ring (bicyclic) bond motifs is 2. The molecule has 0 radical (unpaired) electrons. The maximum absolute atomic E-state index is 12.7. The number of nitrogens with one attached hydrogen (secondary N) is 1. The molecule has 1 amide bonds. The summed E-state index contributed by atoms with van der Waals surface area (Å²) >= 11 is 0. The van der Waals surface area contributed by atoms with Crippen LogP contribution in [0.4, 0.5) is 0 Å². The van der Waals surface area contributed by atoms with Crippen LogP contribution in [0.2, 0.25) is 0 Å². The van der Waals surface area contributed by atoms with Gasteiger partial charge in [-0.1, -0.05) is 6.42 Å². The molecule has 1 aromatic heterocycles. The van der Waals surface area contributed by atoms with Crippen molar-refractivity contribution in [2.75, 3.05) is 13.1 Å². The van der Waals surface area contributed by atoms with Gasteiger partial charge in [0, 0.05) is 37.4 Å². The average Bonchev–Trinajstić information content (AvgIpc) is 3.32. The van der Waals surface area contributed by atoms with Crippen LogP contribution in [0.1, 0.15) is 45.4 Å². The molecule has 2 saturated carbocycles. The van der Waals surface area contributed by atoms with Crippen LogP contribution < -0.4 is 5.32 Å². The van der Waals surface area contributed by atoms with E-state index in [1.54, 1.807) is 18.3 Å². The summed E-state index contributed by atoms with van der Waals surface area (Å²) in [7, 11) is -3.51. The van der Waals surface area contributed by atoms with Crippen LogP contribution in [-0.4, -0.2) is 42.7 Å². The van der Waals surface area contributed by atoms with Gasteiger partial charge < -0.3 is 5.32 Å². The van der Waals surface area contributed by atoms with Crippen molar-refractivity contribution in [3.63, 3.8) is 0 Å². The molecule has 1 aromatic rings. The van der Waals surface area contributed by atoms with E-state index in [1.807, 2.05) is 0 Å². The van der Waals surface area contributed by atoms with E-state index >= 15 is 0 Å². The van der Waals surface area contributed by atoms with E-state index < -0.39 is 10.0 Å². The maximum Gasteiger partial charge on any atom is 0.244 e. The molecular weight excluding hydrogens is 362 g/mol. The molecule has 1 saturated heterocycles. The van der Waals surface area contributed by atoms with Gasteiger partial charge in [0.25, 0.3) is 0 Å². The summed E-state index contributed by atoms with van der Waals surface area (Å²) in [5.74, 6) is 2.30. The summed E-state index contributed by atoms with van der Waals surface area (Å²) in [5.41, 5.74) is 0. The third-order valence-corrected chi connectivity index (χ3v) is 8.78. The SMILES string of the molecule is C[C@H](NC(=O)C1CCN(S(=O)(=O)c2cccnc2)CC1)[C@H]1C[C@@H]2CC[C@@H]1C2. The molecule has 27 heavy (non-hydrogen) atoms. The average molecular weight is 392 g/mol. The van der Waals surface area contributed by atoms with Crippen LogP contribution in [0.25, 0.3) is 0 Å². The number of nitrogens with zero attached hydrogens (tertiary/aromatic N) is 2. The number of aromatic nitrogens is 1. The zero-order chi connectivity index (χ0) is 19.0. The third-order valence-electron chi connectivity index (χ3n) is 6.90. The number of piperidine rings is 1.